The average molecular weight is 356 g/mol. The van der Waals surface area contributed by atoms with E-state index < -0.39 is 11.6 Å². The van der Waals surface area contributed by atoms with Crippen LogP contribution in [0.25, 0.3) is 0 Å². The van der Waals surface area contributed by atoms with E-state index in [9.17, 15) is 9.59 Å². The lowest BCUT2D eigenvalue weighted by molar-refractivity contribution is -0.124. The van der Waals surface area contributed by atoms with Crippen LogP contribution < -0.4 is 11.1 Å². The minimum absolute atomic E-state index is 0.00359. The van der Waals surface area contributed by atoms with Gasteiger partial charge in [0.15, 0.2) is 0 Å². The summed E-state index contributed by atoms with van der Waals surface area (Å²) >= 11 is 0. The normalized spacial score (nSPS) is 22.6. The van der Waals surface area contributed by atoms with Crippen molar-refractivity contribution in [3.63, 3.8) is 0 Å². The topological polar surface area (TPSA) is 84.7 Å². The fourth-order valence-corrected chi connectivity index (χ4v) is 3.24. The first-order valence-electron chi connectivity index (χ1n) is 9.51. The van der Waals surface area contributed by atoms with E-state index in [0.717, 1.165) is 25.7 Å². The van der Waals surface area contributed by atoms with Crippen LogP contribution in [0.15, 0.2) is 0 Å². The van der Waals surface area contributed by atoms with Gasteiger partial charge in [0.2, 0.25) is 5.91 Å². The van der Waals surface area contributed by atoms with Gasteiger partial charge in [-0.2, -0.15) is 0 Å². The number of hydrogen-bond acceptors (Lipinski definition) is 4. The SMILES string of the molecule is CC(C)[C@H](N)C(=O)N[C@@H]1CCCC[C@@H]1N(C(=O)OC(C)(C)C)C(C)C. The maximum atomic E-state index is 12.7. The Kier molecular flexibility index (Phi) is 7.72. The van der Waals surface area contributed by atoms with Gasteiger partial charge in [0, 0.05) is 12.1 Å². The molecule has 1 saturated carbocycles. The first-order chi connectivity index (χ1) is 11.4. The summed E-state index contributed by atoms with van der Waals surface area (Å²) < 4.78 is 5.60. The number of hydrogen-bond donors (Lipinski definition) is 2. The molecule has 1 fully saturated rings. The summed E-state index contributed by atoms with van der Waals surface area (Å²) in [5.74, 6) is -0.0612. The van der Waals surface area contributed by atoms with E-state index in [2.05, 4.69) is 5.32 Å². The number of nitrogens with one attached hydrogen (secondary N) is 1. The molecule has 3 N–H and O–H groups in total. The summed E-state index contributed by atoms with van der Waals surface area (Å²) in [6.45, 7) is 13.4. The van der Waals surface area contributed by atoms with Crippen LogP contribution in [0.4, 0.5) is 4.79 Å². The third-order valence-electron chi connectivity index (χ3n) is 4.60. The highest BCUT2D eigenvalue weighted by atomic mass is 16.6. The molecule has 3 atom stereocenters. The van der Waals surface area contributed by atoms with Gasteiger partial charge < -0.3 is 20.7 Å². The third kappa shape index (κ3) is 6.49. The molecule has 0 aromatic rings. The predicted molar refractivity (Wildman–Crippen MR) is 100 cm³/mol. The summed E-state index contributed by atoms with van der Waals surface area (Å²) in [6, 6.07) is -0.680. The molecule has 25 heavy (non-hydrogen) atoms. The van der Waals surface area contributed by atoms with Crippen molar-refractivity contribution in [1.82, 2.24) is 10.2 Å². The zero-order valence-corrected chi connectivity index (χ0v) is 17.0. The van der Waals surface area contributed by atoms with E-state index in [1.54, 1.807) is 4.90 Å². The minimum Gasteiger partial charge on any atom is -0.444 e. The maximum Gasteiger partial charge on any atom is 0.410 e. The van der Waals surface area contributed by atoms with Crippen LogP contribution in [0.2, 0.25) is 0 Å². The van der Waals surface area contributed by atoms with E-state index in [1.165, 1.54) is 0 Å². The van der Waals surface area contributed by atoms with Gasteiger partial charge >= 0.3 is 6.09 Å². The highest BCUT2D eigenvalue weighted by Gasteiger charge is 2.38. The van der Waals surface area contributed by atoms with E-state index >= 15 is 0 Å². The van der Waals surface area contributed by atoms with E-state index in [0.29, 0.717) is 0 Å². The zero-order valence-electron chi connectivity index (χ0n) is 17.0. The molecule has 0 aromatic heterocycles. The van der Waals surface area contributed by atoms with E-state index in [1.807, 2.05) is 48.5 Å². The van der Waals surface area contributed by atoms with Crippen LogP contribution in [0.3, 0.4) is 0 Å². The van der Waals surface area contributed by atoms with E-state index in [-0.39, 0.29) is 36.0 Å². The largest absolute Gasteiger partial charge is 0.444 e. The molecule has 146 valence electrons. The number of carbonyl (C=O) groups excluding carboxylic acids is 2. The molecule has 0 unspecified atom stereocenters. The molecule has 2 amide bonds. The van der Waals surface area contributed by atoms with Crippen molar-refractivity contribution in [2.45, 2.75) is 104 Å². The number of amides is 2. The standard InChI is InChI=1S/C19H37N3O3/c1-12(2)16(20)17(23)21-14-10-8-9-11-15(14)22(13(3)4)18(24)25-19(5,6)7/h12-16H,8-11,20H2,1-7H3,(H,21,23)/t14-,15+,16+/m1/s1. The molecular formula is C19H37N3O3. The lowest BCUT2D eigenvalue weighted by Gasteiger charge is -2.43. The molecule has 0 spiro atoms. The quantitative estimate of drug-likeness (QED) is 0.794. The second kappa shape index (κ2) is 8.88. The van der Waals surface area contributed by atoms with Gasteiger partial charge in [0.1, 0.15) is 5.60 Å². The second-order valence-corrected chi connectivity index (χ2v) is 8.72. The van der Waals surface area contributed by atoms with Crippen LogP contribution >= 0.6 is 0 Å². The number of nitrogens with two attached hydrogens (primary N) is 1. The van der Waals surface area contributed by atoms with Crippen LogP contribution in [0.5, 0.6) is 0 Å². The molecule has 0 saturated heterocycles. The van der Waals surface area contributed by atoms with Crippen molar-refractivity contribution in [2.24, 2.45) is 11.7 Å². The molecule has 0 radical (unpaired) electrons. The fourth-order valence-electron chi connectivity index (χ4n) is 3.24. The Morgan fingerprint density at radius 1 is 1.12 bits per heavy atom. The van der Waals surface area contributed by atoms with Crippen LogP contribution in [0, 0.1) is 5.92 Å². The van der Waals surface area contributed by atoms with Crippen molar-refractivity contribution < 1.29 is 14.3 Å². The first kappa shape index (κ1) is 21.7. The maximum absolute atomic E-state index is 12.7. The molecule has 0 aliphatic heterocycles. The van der Waals surface area contributed by atoms with Crippen molar-refractivity contribution >= 4 is 12.0 Å². The van der Waals surface area contributed by atoms with Crippen molar-refractivity contribution in [3.8, 4) is 0 Å². The van der Waals surface area contributed by atoms with Gasteiger partial charge in [0.05, 0.1) is 12.1 Å². The lowest BCUT2D eigenvalue weighted by atomic mass is 9.88. The Balaban J connectivity index is 2.94. The van der Waals surface area contributed by atoms with Gasteiger partial charge in [-0.3, -0.25) is 4.79 Å². The van der Waals surface area contributed by atoms with E-state index in [4.69, 9.17) is 10.5 Å². The van der Waals surface area contributed by atoms with Gasteiger partial charge in [-0.25, -0.2) is 4.79 Å². The predicted octanol–water partition coefficient (Wildman–Crippen LogP) is 3.04. The minimum atomic E-state index is -0.544. The van der Waals surface area contributed by atoms with Crippen molar-refractivity contribution in [2.75, 3.05) is 0 Å². The summed E-state index contributed by atoms with van der Waals surface area (Å²) in [5, 5.41) is 3.09. The number of ether oxygens (including phenoxy) is 1. The molecule has 0 heterocycles. The van der Waals surface area contributed by atoms with Crippen LogP contribution in [0.1, 0.15) is 74.1 Å². The highest BCUT2D eigenvalue weighted by molar-refractivity contribution is 5.82. The van der Waals surface area contributed by atoms with Gasteiger partial charge in [-0.1, -0.05) is 26.7 Å². The lowest BCUT2D eigenvalue weighted by Crippen LogP contribution is -2.59. The van der Waals surface area contributed by atoms with Crippen LogP contribution in [-0.2, 0) is 9.53 Å². The third-order valence-corrected chi connectivity index (χ3v) is 4.60. The summed E-state index contributed by atoms with van der Waals surface area (Å²) in [5.41, 5.74) is 5.44. The summed E-state index contributed by atoms with van der Waals surface area (Å²) in [6.07, 6.45) is 3.48. The number of carbonyl (C=O) groups is 2. The Bertz CT molecular complexity index is 457. The molecule has 1 rings (SSSR count). The molecule has 1 aliphatic carbocycles. The van der Waals surface area contributed by atoms with Gasteiger partial charge in [0.25, 0.3) is 0 Å². The monoisotopic (exact) mass is 355 g/mol. The number of rotatable bonds is 5. The molecule has 0 bridgehead atoms. The highest BCUT2D eigenvalue weighted by Crippen LogP contribution is 2.27. The Labute approximate surface area is 152 Å². The molecule has 6 heteroatoms. The zero-order chi connectivity index (χ0) is 19.4. The summed E-state index contributed by atoms with van der Waals surface area (Å²) in [4.78, 5) is 26.9. The first-order valence-corrected chi connectivity index (χ1v) is 9.51. The molecule has 1 aliphatic rings. The fraction of sp³-hybridized carbons (Fsp3) is 0.895. The Morgan fingerprint density at radius 2 is 1.68 bits per heavy atom. The summed E-state index contributed by atoms with van der Waals surface area (Å²) in [7, 11) is 0. The second-order valence-electron chi connectivity index (χ2n) is 8.72. The van der Waals surface area contributed by atoms with Crippen LogP contribution in [-0.4, -0.2) is 46.7 Å². The Morgan fingerprint density at radius 3 is 2.16 bits per heavy atom. The molecule has 0 aromatic carbocycles. The average Bonchev–Trinajstić information content (AvgIpc) is 2.45. The van der Waals surface area contributed by atoms with Gasteiger partial charge in [-0.05, 0) is 53.4 Å². The Hall–Kier alpha value is -1.30. The van der Waals surface area contributed by atoms with Crippen molar-refractivity contribution in [1.29, 1.82) is 0 Å². The van der Waals surface area contributed by atoms with Gasteiger partial charge in [-0.15, -0.1) is 0 Å². The number of nitrogens with zero attached hydrogens (tertiary/aromatic N) is 1. The molecule has 6 nitrogen and oxygen atoms in total. The van der Waals surface area contributed by atoms with Crippen molar-refractivity contribution in [3.05, 3.63) is 0 Å². The smallest absolute Gasteiger partial charge is 0.410 e. The molecular weight excluding hydrogens is 318 g/mol.